The Kier molecular flexibility index (Phi) is 4.52. The van der Waals surface area contributed by atoms with E-state index in [1.807, 2.05) is 0 Å². The van der Waals surface area contributed by atoms with Crippen LogP contribution in [0.25, 0.3) is 0 Å². The molecule has 16 heavy (non-hydrogen) atoms. The molecule has 8 heteroatoms. The molecule has 0 spiro atoms. The Hall–Kier alpha value is -1.83. The first kappa shape index (κ1) is 12.2. The third kappa shape index (κ3) is 3.73. The number of hydrogen-bond acceptors (Lipinski definition) is 7. The summed E-state index contributed by atoms with van der Waals surface area (Å²) < 4.78 is 9.67. The molecular formula is C8H15N5O3. The van der Waals surface area contributed by atoms with Gasteiger partial charge in [0.15, 0.2) is 0 Å². The summed E-state index contributed by atoms with van der Waals surface area (Å²) in [5, 5.41) is 12.4. The van der Waals surface area contributed by atoms with Crippen molar-refractivity contribution in [1.82, 2.24) is 15.5 Å². The normalized spacial score (nSPS) is 12.1. The van der Waals surface area contributed by atoms with Crippen molar-refractivity contribution in [2.24, 2.45) is 0 Å². The number of methoxy groups -OCH3 is 1. The zero-order chi connectivity index (χ0) is 12.0. The van der Waals surface area contributed by atoms with Gasteiger partial charge < -0.3 is 25.5 Å². The number of rotatable bonds is 6. The molecule has 1 heterocycles. The molecule has 0 bridgehead atoms. The first-order chi connectivity index (χ1) is 7.63. The number of nitrogen functional groups attached to an aromatic ring is 1. The van der Waals surface area contributed by atoms with Crippen molar-refractivity contribution in [1.29, 1.82) is 0 Å². The molecule has 90 valence electrons. The number of nitrogens with one attached hydrogen (secondary N) is 2. The molecular weight excluding hydrogens is 214 g/mol. The lowest BCUT2D eigenvalue weighted by Crippen LogP contribution is -2.39. The molecule has 1 unspecified atom stereocenters. The maximum Gasteiger partial charge on any atom is 0.317 e. The fourth-order valence-electron chi connectivity index (χ4n) is 0.973. The van der Waals surface area contributed by atoms with Gasteiger partial charge in [-0.05, 0) is 6.92 Å². The summed E-state index contributed by atoms with van der Waals surface area (Å²) in [7, 11) is 1.56. The molecule has 4 N–H and O–H groups in total. The van der Waals surface area contributed by atoms with Gasteiger partial charge in [0.25, 0.3) is 0 Å². The van der Waals surface area contributed by atoms with Gasteiger partial charge in [0.05, 0.1) is 6.61 Å². The van der Waals surface area contributed by atoms with Crippen molar-refractivity contribution in [3.8, 4) is 0 Å². The molecule has 0 aliphatic rings. The highest BCUT2D eigenvalue weighted by Crippen LogP contribution is 2.07. The van der Waals surface area contributed by atoms with Gasteiger partial charge in [-0.25, -0.2) is 0 Å². The molecule has 0 aromatic carbocycles. The van der Waals surface area contributed by atoms with Crippen LogP contribution in [-0.2, 0) is 9.53 Å². The summed E-state index contributed by atoms with van der Waals surface area (Å²) in [4.78, 5) is 11.5. The van der Waals surface area contributed by atoms with Crippen molar-refractivity contribution in [2.75, 3.05) is 31.3 Å². The molecule has 0 radical (unpaired) electrons. The van der Waals surface area contributed by atoms with E-state index in [0.29, 0.717) is 13.2 Å². The van der Waals surface area contributed by atoms with Gasteiger partial charge in [-0.3, -0.25) is 4.79 Å². The number of amides is 1. The van der Waals surface area contributed by atoms with Crippen molar-refractivity contribution in [3.05, 3.63) is 0 Å². The van der Waals surface area contributed by atoms with Crippen LogP contribution in [0.1, 0.15) is 6.92 Å². The summed E-state index contributed by atoms with van der Waals surface area (Å²) in [5.74, 6) is -0.186. The van der Waals surface area contributed by atoms with Gasteiger partial charge in [0.1, 0.15) is 6.04 Å². The van der Waals surface area contributed by atoms with Gasteiger partial charge >= 0.3 is 12.0 Å². The van der Waals surface area contributed by atoms with E-state index in [0.717, 1.165) is 0 Å². The Labute approximate surface area is 92.5 Å². The molecule has 1 atom stereocenters. The van der Waals surface area contributed by atoms with E-state index in [2.05, 4.69) is 20.8 Å². The largest absolute Gasteiger partial charge is 0.390 e. The molecule has 1 rings (SSSR count). The summed E-state index contributed by atoms with van der Waals surface area (Å²) >= 11 is 0. The van der Waals surface area contributed by atoms with Gasteiger partial charge in [-0.2, -0.15) is 0 Å². The lowest BCUT2D eigenvalue weighted by molar-refractivity contribution is -0.121. The second-order valence-corrected chi connectivity index (χ2v) is 3.10. The molecule has 1 aromatic heterocycles. The minimum atomic E-state index is -0.489. The van der Waals surface area contributed by atoms with E-state index in [4.69, 9.17) is 14.9 Å². The second-order valence-electron chi connectivity index (χ2n) is 3.10. The molecule has 8 nitrogen and oxygen atoms in total. The fraction of sp³-hybridized carbons (Fsp3) is 0.625. The number of carbonyl (C=O) groups excluding carboxylic acids is 1. The molecule has 0 fully saturated rings. The SMILES string of the molecule is COCCNC(=O)C(C)Nc1nnc(N)o1. The summed E-state index contributed by atoms with van der Waals surface area (Å²) in [6.45, 7) is 2.59. The zero-order valence-electron chi connectivity index (χ0n) is 9.19. The van der Waals surface area contributed by atoms with E-state index in [9.17, 15) is 4.79 Å². The van der Waals surface area contributed by atoms with Crippen LogP contribution >= 0.6 is 0 Å². The van der Waals surface area contributed by atoms with Crippen LogP contribution in [0.2, 0.25) is 0 Å². The fourth-order valence-corrected chi connectivity index (χ4v) is 0.973. The zero-order valence-corrected chi connectivity index (χ0v) is 9.19. The smallest absolute Gasteiger partial charge is 0.317 e. The number of hydrogen-bond donors (Lipinski definition) is 3. The predicted molar refractivity (Wildman–Crippen MR) is 56.7 cm³/mol. The van der Waals surface area contributed by atoms with Crippen molar-refractivity contribution in [2.45, 2.75) is 13.0 Å². The third-order valence-electron chi connectivity index (χ3n) is 1.78. The average molecular weight is 229 g/mol. The van der Waals surface area contributed by atoms with Gasteiger partial charge in [0, 0.05) is 13.7 Å². The highest BCUT2D eigenvalue weighted by Gasteiger charge is 2.14. The average Bonchev–Trinajstić information content (AvgIpc) is 2.64. The number of anilines is 2. The maximum atomic E-state index is 11.5. The molecule has 0 aliphatic carbocycles. The van der Waals surface area contributed by atoms with Crippen LogP contribution < -0.4 is 16.4 Å². The Balaban J connectivity index is 2.34. The van der Waals surface area contributed by atoms with E-state index < -0.39 is 6.04 Å². The number of ether oxygens (including phenoxy) is 1. The Bertz CT molecular complexity index is 340. The van der Waals surface area contributed by atoms with Crippen LogP contribution in [0.4, 0.5) is 12.0 Å². The highest BCUT2D eigenvalue weighted by atomic mass is 16.5. The minimum absolute atomic E-state index is 0.0468. The van der Waals surface area contributed by atoms with E-state index in [1.54, 1.807) is 14.0 Å². The van der Waals surface area contributed by atoms with Crippen LogP contribution in [0, 0.1) is 0 Å². The van der Waals surface area contributed by atoms with Crippen molar-refractivity contribution in [3.63, 3.8) is 0 Å². The van der Waals surface area contributed by atoms with Crippen LogP contribution in [0.3, 0.4) is 0 Å². The van der Waals surface area contributed by atoms with E-state index >= 15 is 0 Å². The monoisotopic (exact) mass is 229 g/mol. The quantitative estimate of drug-likeness (QED) is 0.548. The van der Waals surface area contributed by atoms with E-state index in [1.165, 1.54) is 0 Å². The lowest BCUT2D eigenvalue weighted by Gasteiger charge is -2.11. The number of aromatic nitrogens is 2. The standard InChI is InChI=1S/C8H15N5O3/c1-5(6(14)10-3-4-15-2)11-8-13-12-7(9)16-8/h5H,3-4H2,1-2H3,(H2,9,12)(H,10,14)(H,11,13). The number of nitrogens with zero attached hydrogens (tertiary/aromatic N) is 2. The first-order valence-corrected chi connectivity index (χ1v) is 4.75. The van der Waals surface area contributed by atoms with E-state index in [-0.39, 0.29) is 17.9 Å². The minimum Gasteiger partial charge on any atom is -0.390 e. The lowest BCUT2D eigenvalue weighted by atomic mass is 10.3. The highest BCUT2D eigenvalue weighted by molar-refractivity contribution is 5.83. The molecule has 0 aliphatic heterocycles. The van der Waals surface area contributed by atoms with Crippen LogP contribution in [0.15, 0.2) is 4.42 Å². The number of nitrogens with two attached hydrogens (primary N) is 1. The predicted octanol–water partition coefficient (Wildman–Crippen LogP) is -0.785. The molecule has 1 amide bonds. The summed E-state index contributed by atoms with van der Waals surface area (Å²) in [5.41, 5.74) is 5.23. The summed E-state index contributed by atoms with van der Waals surface area (Å²) in [6.07, 6.45) is 0. The van der Waals surface area contributed by atoms with Crippen LogP contribution in [0.5, 0.6) is 0 Å². The van der Waals surface area contributed by atoms with Crippen LogP contribution in [-0.4, -0.2) is 42.4 Å². The van der Waals surface area contributed by atoms with Crippen molar-refractivity contribution >= 4 is 17.9 Å². The maximum absolute atomic E-state index is 11.5. The Morgan fingerprint density at radius 1 is 1.62 bits per heavy atom. The Morgan fingerprint density at radius 2 is 2.38 bits per heavy atom. The summed E-state index contributed by atoms with van der Waals surface area (Å²) in [6, 6.07) is -0.418. The van der Waals surface area contributed by atoms with Gasteiger partial charge in [-0.1, -0.05) is 10.2 Å². The molecule has 1 aromatic rings. The Morgan fingerprint density at radius 3 is 2.94 bits per heavy atom. The third-order valence-corrected chi connectivity index (χ3v) is 1.78. The number of carbonyl (C=O) groups is 1. The van der Waals surface area contributed by atoms with Crippen molar-refractivity contribution < 1.29 is 13.9 Å². The molecule has 0 saturated carbocycles. The van der Waals surface area contributed by atoms with Gasteiger partial charge in [0.2, 0.25) is 5.91 Å². The first-order valence-electron chi connectivity index (χ1n) is 4.75. The second kappa shape index (κ2) is 5.91. The topological polar surface area (TPSA) is 115 Å². The van der Waals surface area contributed by atoms with Gasteiger partial charge in [-0.15, -0.1) is 0 Å². The molecule has 0 saturated heterocycles.